The van der Waals surface area contributed by atoms with E-state index in [0.29, 0.717) is 0 Å². The van der Waals surface area contributed by atoms with E-state index in [2.05, 4.69) is 63.7 Å². The molecule has 0 spiro atoms. The van der Waals surface area contributed by atoms with Crippen molar-refractivity contribution in [3.63, 3.8) is 0 Å². The van der Waals surface area contributed by atoms with Gasteiger partial charge in [0.15, 0.2) is 0 Å². The number of halogens is 1. The van der Waals surface area contributed by atoms with Crippen molar-refractivity contribution < 1.29 is 0 Å². The Morgan fingerprint density at radius 2 is 2.20 bits per heavy atom. The maximum absolute atomic E-state index is 4.62. The average Bonchev–Trinajstić information content (AvgIpc) is 3.00. The first-order chi connectivity index (χ1) is 9.56. The SMILES string of the molecule is CCc1nn(CC)c(CNC(C)c2ncc(C)s2)c1Br. The Balaban J connectivity index is 2.08. The number of nitrogens with zero attached hydrogens (tertiary/aromatic N) is 3. The normalized spacial score (nSPS) is 12.8. The molecule has 0 aromatic carbocycles. The van der Waals surface area contributed by atoms with Crippen LogP contribution in [0.3, 0.4) is 0 Å². The Kier molecular flexibility index (Phi) is 5.35. The van der Waals surface area contributed by atoms with Crippen LogP contribution in [0.2, 0.25) is 0 Å². The molecule has 0 bridgehead atoms. The van der Waals surface area contributed by atoms with Gasteiger partial charge >= 0.3 is 0 Å². The van der Waals surface area contributed by atoms with Gasteiger partial charge in [-0.2, -0.15) is 5.10 Å². The Labute approximate surface area is 132 Å². The second-order valence-electron chi connectivity index (χ2n) is 4.79. The van der Waals surface area contributed by atoms with Gasteiger partial charge in [0.1, 0.15) is 5.01 Å². The Hall–Kier alpha value is -0.720. The fourth-order valence-corrected chi connectivity index (χ4v) is 3.60. The van der Waals surface area contributed by atoms with Crippen molar-refractivity contribution in [2.75, 3.05) is 0 Å². The summed E-state index contributed by atoms with van der Waals surface area (Å²) in [6.45, 7) is 10.2. The molecule has 2 aromatic rings. The minimum atomic E-state index is 0.255. The van der Waals surface area contributed by atoms with Gasteiger partial charge in [-0.1, -0.05) is 6.92 Å². The zero-order chi connectivity index (χ0) is 14.7. The summed E-state index contributed by atoms with van der Waals surface area (Å²) >= 11 is 5.42. The van der Waals surface area contributed by atoms with Crippen LogP contribution in [0, 0.1) is 6.92 Å². The zero-order valence-electron chi connectivity index (χ0n) is 12.4. The highest BCUT2D eigenvalue weighted by Crippen LogP contribution is 2.24. The van der Waals surface area contributed by atoms with Crippen LogP contribution in [-0.4, -0.2) is 14.8 Å². The molecule has 0 aliphatic carbocycles. The third kappa shape index (κ3) is 3.30. The molecule has 4 nitrogen and oxygen atoms in total. The fraction of sp³-hybridized carbons (Fsp3) is 0.571. The van der Waals surface area contributed by atoms with Crippen LogP contribution < -0.4 is 5.32 Å². The van der Waals surface area contributed by atoms with Crippen LogP contribution in [0.15, 0.2) is 10.7 Å². The minimum Gasteiger partial charge on any atom is -0.302 e. The monoisotopic (exact) mass is 356 g/mol. The summed E-state index contributed by atoms with van der Waals surface area (Å²) in [4.78, 5) is 5.69. The van der Waals surface area contributed by atoms with Crippen LogP contribution in [0.25, 0.3) is 0 Å². The molecule has 0 amide bonds. The van der Waals surface area contributed by atoms with E-state index in [1.54, 1.807) is 11.3 Å². The van der Waals surface area contributed by atoms with Gasteiger partial charge in [0.05, 0.1) is 21.9 Å². The second kappa shape index (κ2) is 6.83. The van der Waals surface area contributed by atoms with E-state index in [1.807, 2.05) is 6.20 Å². The minimum absolute atomic E-state index is 0.255. The highest BCUT2D eigenvalue weighted by atomic mass is 79.9. The predicted octanol–water partition coefficient (Wildman–Crippen LogP) is 3.84. The maximum atomic E-state index is 4.62. The van der Waals surface area contributed by atoms with Crippen LogP contribution >= 0.6 is 27.3 Å². The molecule has 6 heteroatoms. The van der Waals surface area contributed by atoms with E-state index in [-0.39, 0.29) is 6.04 Å². The van der Waals surface area contributed by atoms with Gasteiger partial charge < -0.3 is 5.32 Å². The average molecular weight is 357 g/mol. The summed E-state index contributed by atoms with van der Waals surface area (Å²) in [7, 11) is 0. The Bertz CT molecular complexity index is 576. The van der Waals surface area contributed by atoms with Crippen molar-refractivity contribution in [2.45, 2.75) is 53.2 Å². The van der Waals surface area contributed by atoms with Gasteiger partial charge in [-0.3, -0.25) is 4.68 Å². The second-order valence-corrected chi connectivity index (χ2v) is 6.85. The number of hydrogen-bond acceptors (Lipinski definition) is 4. The Morgan fingerprint density at radius 3 is 2.75 bits per heavy atom. The number of hydrogen-bond donors (Lipinski definition) is 1. The lowest BCUT2D eigenvalue weighted by Crippen LogP contribution is -2.20. The van der Waals surface area contributed by atoms with Crippen LogP contribution in [-0.2, 0) is 19.5 Å². The summed E-state index contributed by atoms with van der Waals surface area (Å²) in [5.41, 5.74) is 2.34. The topological polar surface area (TPSA) is 42.7 Å². The molecule has 1 N–H and O–H groups in total. The van der Waals surface area contributed by atoms with Gasteiger partial charge in [0, 0.05) is 24.2 Å². The standard InChI is InChI=1S/C14H21BrN4S/c1-5-11-13(15)12(19(6-2)18-11)8-16-10(4)14-17-7-9(3)20-14/h7,10,16H,5-6,8H2,1-4H3. The molecule has 0 aliphatic rings. The lowest BCUT2D eigenvalue weighted by Gasteiger charge is -2.12. The molecule has 2 aromatic heterocycles. The highest BCUT2D eigenvalue weighted by molar-refractivity contribution is 9.10. The molecule has 2 heterocycles. The number of aryl methyl sites for hydroxylation is 3. The fourth-order valence-electron chi connectivity index (χ4n) is 2.10. The number of rotatable bonds is 6. The van der Waals surface area contributed by atoms with Gasteiger partial charge in [-0.15, -0.1) is 11.3 Å². The van der Waals surface area contributed by atoms with E-state index in [0.717, 1.165) is 34.7 Å². The van der Waals surface area contributed by atoms with Crippen LogP contribution in [0.4, 0.5) is 0 Å². The van der Waals surface area contributed by atoms with Crippen molar-refractivity contribution in [2.24, 2.45) is 0 Å². The quantitative estimate of drug-likeness (QED) is 0.854. The van der Waals surface area contributed by atoms with Crippen molar-refractivity contribution >= 4 is 27.3 Å². The summed E-state index contributed by atoms with van der Waals surface area (Å²) in [5.74, 6) is 0. The van der Waals surface area contributed by atoms with Crippen molar-refractivity contribution in [3.05, 3.63) is 31.9 Å². The van der Waals surface area contributed by atoms with Gasteiger partial charge in [-0.25, -0.2) is 4.98 Å². The predicted molar refractivity (Wildman–Crippen MR) is 87.1 cm³/mol. The van der Waals surface area contributed by atoms with E-state index in [4.69, 9.17) is 0 Å². The first kappa shape index (κ1) is 15.7. The lowest BCUT2D eigenvalue weighted by molar-refractivity contribution is 0.528. The van der Waals surface area contributed by atoms with E-state index >= 15 is 0 Å². The molecule has 20 heavy (non-hydrogen) atoms. The first-order valence-corrected chi connectivity index (χ1v) is 8.57. The summed E-state index contributed by atoms with van der Waals surface area (Å²) in [5, 5.41) is 9.29. The number of thiazole rings is 1. The third-order valence-electron chi connectivity index (χ3n) is 3.28. The molecule has 0 fully saturated rings. The highest BCUT2D eigenvalue weighted by Gasteiger charge is 2.15. The molecule has 0 aliphatic heterocycles. The van der Waals surface area contributed by atoms with Gasteiger partial charge in [0.25, 0.3) is 0 Å². The smallest absolute Gasteiger partial charge is 0.109 e. The molecular formula is C14H21BrN4S. The zero-order valence-corrected chi connectivity index (χ0v) is 14.8. The molecule has 0 saturated carbocycles. The largest absolute Gasteiger partial charge is 0.302 e. The van der Waals surface area contributed by atoms with E-state index in [1.165, 1.54) is 10.6 Å². The van der Waals surface area contributed by atoms with Crippen molar-refractivity contribution in [3.8, 4) is 0 Å². The first-order valence-electron chi connectivity index (χ1n) is 6.96. The molecule has 0 radical (unpaired) electrons. The maximum Gasteiger partial charge on any atom is 0.109 e. The summed E-state index contributed by atoms with van der Waals surface area (Å²) in [6, 6.07) is 0.255. The van der Waals surface area contributed by atoms with E-state index < -0.39 is 0 Å². The molecule has 2 rings (SSSR count). The van der Waals surface area contributed by atoms with Gasteiger partial charge in [-0.05, 0) is 43.1 Å². The van der Waals surface area contributed by atoms with Crippen LogP contribution in [0.1, 0.15) is 48.1 Å². The number of aromatic nitrogens is 3. The summed E-state index contributed by atoms with van der Waals surface area (Å²) in [6.07, 6.45) is 2.88. The third-order valence-corrected chi connectivity index (χ3v) is 5.29. The van der Waals surface area contributed by atoms with E-state index in [9.17, 15) is 0 Å². The van der Waals surface area contributed by atoms with Gasteiger partial charge in [0.2, 0.25) is 0 Å². The summed E-state index contributed by atoms with van der Waals surface area (Å²) < 4.78 is 3.20. The lowest BCUT2D eigenvalue weighted by atomic mass is 10.3. The van der Waals surface area contributed by atoms with Crippen molar-refractivity contribution in [1.82, 2.24) is 20.1 Å². The molecule has 1 atom stereocenters. The molecule has 0 saturated heterocycles. The molecule has 1 unspecified atom stereocenters. The Morgan fingerprint density at radius 1 is 1.45 bits per heavy atom. The van der Waals surface area contributed by atoms with Crippen LogP contribution in [0.5, 0.6) is 0 Å². The van der Waals surface area contributed by atoms with Crippen molar-refractivity contribution in [1.29, 1.82) is 0 Å². The molecular weight excluding hydrogens is 336 g/mol. The number of nitrogens with one attached hydrogen (secondary N) is 1. The molecule has 110 valence electrons.